The van der Waals surface area contributed by atoms with E-state index in [0.29, 0.717) is 17.1 Å². The van der Waals surface area contributed by atoms with Gasteiger partial charge in [-0.2, -0.15) is 0 Å². The van der Waals surface area contributed by atoms with Gasteiger partial charge in [-0.05, 0) is 31.9 Å². The molecule has 0 bridgehead atoms. The second-order valence-corrected chi connectivity index (χ2v) is 5.86. The van der Waals surface area contributed by atoms with Gasteiger partial charge in [0.2, 0.25) is 0 Å². The van der Waals surface area contributed by atoms with Crippen LogP contribution in [-0.2, 0) is 4.79 Å². The maximum absolute atomic E-state index is 12.1. The molecule has 1 heterocycles. The lowest BCUT2D eigenvalue weighted by Crippen LogP contribution is -2.39. The third kappa shape index (κ3) is 3.16. The smallest absolute Gasteiger partial charge is 0.319 e. The lowest BCUT2D eigenvalue weighted by Gasteiger charge is -2.26. The van der Waals surface area contributed by atoms with Crippen LogP contribution in [-0.4, -0.2) is 24.1 Å². The second-order valence-electron chi connectivity index (χ2n) is 5.86. The number of ether oxygens (including phenoxy) is 1. The van der Waals surface area contributed by atoms with Gasteiger partial charge in [-0.15, -0.1) is 0 Å². The van der Waals surface area contributed by atoms with Crippen LogP contribution < -0.4 is 20.7 Å². The molecule has 0 saturated heterocycles. The first-order valence-electron chi connectivity index (χ1n) is 7.81. The maximum atomic E-state index is 12.1. The molecule has 6 heteroatoms. The zero-order valence-electron chi connectivity index (χ0n) is 12.6. The number of carbonyl (C=O) groups excluding carboxylic acids is 2. The van der Waals surface area contributed by atoms with Crippen molar-refractivity contribution >= 4 is 23.3 Å². The standard InChI is InChI=1S/C16H21N3O3/c1-10-15(20)19-14-12(8-5-9-13(14)22-10)18-16(21)17-11-6-3-2-4-7-11/h5,8-11H,2-4,6-7H2,1H3,(H,19,20)(H2,17,18,21). The summed E-state index contributed by atoms with van der Waals surface area (Å²) in [6.45, 7) is 1.69. The first-order valence-corrected chi connectivity index (χ1v) is 7.81. The van der Waals surface area contributed by atoms with E-state index in [1.165, 1.54) is 6.42 Å². The lowest BCUT2D eigenvalue weighted by atomic mass is 9.96. The second kappa shape index (κ2) is 6.25. The van der Waals surface area contributed by atoms with E-state index in [1.807, 2.05) is 0 Å². The van der Waals surface area contributed by atoms with Gasteiger partial charge in [-0.1, -0.05) is 25.3 Å². The summed E-state index contributed by atoms with van der Waals surface area (Å²) in [6, 6.07) is 5.31. The van der Waals surface area contributed by atoms with Gasteiger partial charge in [0.05, 0.1) is 5.69 Å². The Kier molecular flexibility index (Phi) is 4.18. The Morgan fingerprint density at radius 2 is 2.05 bits per heavy atom. The van der Waals surface area contributed by atoms with Crippen LogP contribution in [0.5, 0.6) is 5.75 Å². The van der Waals surface area contributed by atoms with Gasteiger partial charge in [-0.3, -0.25) is 4.79 Å². The van der Waals surface area contributed by atoms with Gasteiger partial charge in [-0.25, -0.2) is 4.79 Å². The van der Waals surface area contributed by atoms with Crippen molar-refractivity contribution < 1.29 is 14.3 Å². The molecule has 0 aromatic heterocycles. The predicted octanol–water partition coefficient (Wildman–Crippen LogP) is 2.86. The van der Waals surface area contributed by atoms with E-state index in [2.05, 4.69) is 16.0 Å². The van der Waals surface area contributed by atoms with E-state index in [4.69, 9.17) is 4.74 Å². The summed E-state index contributed by atoms with van der Waals surface area (Å²) in [6.07, 6.45) is 5.09. The van der Waals surface area contributed by atoms with Crippen molar-refractivity contribution in [3.63, 3.8) is 0 Å². The third-order valence-electron chi connectivity index (χ3n) is 4.14. The number of fused-ring (bicyclic) bond motifs is 1. The van der Waals surface area contributed by atoms with E-state index in [0.717, 1.165) is 25.7 Å². The number of rotatable bonds is 2. The van der Waals surface area contributed by atoms with Crippen LogP contribution in [0.3, 0.4) is 0 Å². The molecule has 1 aromatic rings. The minimum Gasteiger partial charge on any atom is -0.479 e. The van der Waals surface area contributed by atoms with Crippen LogP contribution in [0.2, 0.25) is 0 Å². The summed E-state index contributed by atoms with van der Waals surface area (Å²) < 4.78 is 5.53. The molecule has 1 atom stereocenters. The minimum atomic E-state index is -0.529. The fraction of sp³-hybridized carbons (Fsp3) is 0.500. The van der Waals surface area contributed by atoms with Gasteiger partial charge in [0, 0.05) is 6.04 Å². The van der Waals surface area contributed by atoms with Gasteiger partial charge in [0.15, 0.2) is 6.10 Å². The molecule has 2 aliphatic rings. The van der Waals surface area contributed by atoms with E-state index < -0.39 is 6.10 Å². The first-order chi connectivity index (χ1) is 10.6. The Hall–Kier alpha value is -2.24. The van der Waals surface area contributed by atoms with Crippen LogP contribution in [0, 0.1) is 0 Å². The molecular formula is C16H21N3O3. The number of benzene rings is 1. The Labute approximate surface area is 129 Å². The van der Waals surface area contributed by atoms with Gasteiger partial charge >= 0.3 is 6.03 Å². The SMILES string of the molecule is CC1Oc2cccc(NC(=O)NC3CCCCC3)c2NC1=O. The highest BCUT2D eigenvalue weighted by Gasteiger charge is 2.26. The number of urea groups is 1. The number of carbonyl (C=O) groups is 2. The summed E-state index contributed by atoms with van der Waals surface area (Å²) in [7, 11) is 0. The van der Waals surface area contributed by atoms with Crippen LogP contribution in [0.15, 0.2) is 18.2 Å². The fourth-order valence-electron chi connectivity index (χ4n) is 2.92. The monoisotopic (exact) mass is 303 g/mol. The summed E-state index contributed by atoms with van der Waals surface area (Å²) in [5.74, 6) is 0.358. The van der Waals surface area contributed by atoms with Crippen molar-refractivity contribution in [2.75, 3.05) is 10.6 Å². The van der Waals surface area contributed by atoms with Crippen LogP contribution in [0.4, 0.5) is 16.2 Å². The Bertz CT molecular complexity index is 582. The molecule has 0 radical (unpaired) electrons. The van der Waals surface area contributed by atoms with Gasteiger partial charge in [0.1, 0.15) is 11.4 Å². The number of nitrogens with one attached hydrogen (secondary N) is 3. The molecule has 3 amide bonds. The Morgan fingerprint density at radius 3 is 2.82 bits per heavy atom. The van der Waals surface area contributed by atoms with E-state index >= 15 is 0 Å². The average Bonchev–Trinajstić information content (AvgIpc) is 2.50. The number of hydrogen-bond acceptors (Lipinski definition) is 3. The molecule has 118 valence electrons. The molecule has 1 unspecified atom stereocenters. The van der Waals surface area contributed by atoms with Crippen molar-refractivity contribution in [2.45, 2.75) is 51.2 Å². The average molecular weight is 303 g/mol. The lowest BCUT2D eigenvalue weighted by molar-refractivity contribution is -0.122. The van der Waals surface area contributed by atoms with Crippen molar-refractivity contribution in [1.82, 2.24) is 5.32 Å². The highest BCUT2D eigenvalue weighted by molar-refractivity contribution is 6.04. The van der Waals surface area contributed by atoms with E-state index in [9.17, 15) is 9.59 Å². The number of hydrogen-bond donors (Lipinski definition) is 3. The van der Waals surface area contributed by atoms with E-state index in [1.54, 1.807) is 25.1 Å². The van der Waals surface area contributed by atoms with Crippen LogP contribution >= 0.6 is 0 Å². The molecular weight excluding hydrogens is 282 g/mol. The molecule has 1 aromatic carbocycles. The number of anilines is 2. The van der Waals surface area contributed by atoms with Crippen LogP contribution in [0.25, 0.3) is 0 Å². The molecule has 1 saturated carbocycles. The zero-order valence-corrected chi connectivity index (χ0v) is 12.6. The summed E-state index contributed by atoms with van der Waals surface area (Å²) in [4.78, 5) is 23.9. The summed E-state index contributed by atoms with van der Waals surface area (Å²) in [5.41, 5.74) is 1.07. The van der Waals surface area contributed by atoms with Crippen molar-refractivity contribution in [1.29, 1.82) is 0 Å². The fourth-order valence-corrected chi connectivity index (χ4v) is 2.92. The molecule has 0 spiro atoms. The van der Waals surface area contributed by atoms with Crippen molar-refractivity contribution in [3.05, 3.63) is 18.2 Å². The minimum absolute atomic E-state index is 0.213. The van der Waals surface area contributed by atoms with Gasteiger partial charge < -0.3 is 20.7 Å². The Morgan fingerprint density at radius 1 is 1.27 bits per heavy atom. The normalized spacial score (nSPS) is 21.3. The number of para-hydroxylation sites is 1. The Balaban J connectivity index is 1.69. The van der Waals surface area contributed by atoms with E-state index in [-0.39, 0.29) is 18.0 Å². The highest BCUT2D eigenvalue weighted by atomic mass is 16.5. The third-order valence-corrected chi connectivity index (χ3v) is 4.14. The first kappa shape index (κ1) is 14.7. The zero-order chi connectivity index (χ0) is 15.5. The quantitative estimate of drug-likeness (QED) is 0.786. The molecule has 1 fully saturated rings. The van der Waals surface area contributed by atoms with Crippen molar-refractivity contribution in [2.24, 2.45) is 0 Å². The highest BCUT2D eigenvalue weighted by Crippen LogP contribution is 2.36. The molecule has 3 N–H and O–H groups in total. The predicted molar refractivity (Wildman–Crippen MR) is 84.2 cm³/mol. The summed E-state index contributed by atoms with van der Waals surface area (Å²) >= 11 is 0. The largest absolute Gasteiger partial charge is 0.479 e. The van der Waals surface area contributed by atoms with Gasteiger partial charge in [0.25, 0.3) is 5.91 Å². The maximum Gasteiger partial charge on any atom is 0.319 e. The molecule has 6 nitrogen and oxygen atoms in total. The topological polar surface area (TPSA) is 79.5 Å². The van der Waals surface area contributed by atoms with Crippen LogP contribution in [0.1, 0.15) is 39.0 Å². The molecule has 1 aliphatic carbocycles. The molecule has 3 rings (SSSR count). The summed E-state index contributed by atoms with van der Waals surface area (Å²) in [5, 5.41) is 8.58. The molecule has 22 heavy (non-hydrogen) atoms. The number of amides is 3. The molecule has 1 aliphatic heterocycles. The van der Waals surface area contributed by atoms with Crippen molar-refractivity contribution in [3.8, 4) is 5.75 Å².